The van der Waals surface area contributed by atoms with E-state index in [0.717, 1.165) is 30.4 Å². The Balaban J connectivity index is 1.73. The molecular formula is C18H25N3O3. The maximum absolute atomic E-state index is 12.5. The van der Waals surface area contributed by atoms with Crippen LogP contribution in [0.3, 0.4) is 0 Å². The molecule has 1 fully saturated rings. The van der Waals surface area contributed by atoms with E-state index >= 15 is 0 Å². The number of likely N-dealkylation sites (N-methyl/N-ethyl adjacent to an activating group) is 1. The number of nitrogens with one attached hydrogen (secondary N) is 2. The molecule has 130 valence electrons. The minimum atomic E-state index is -0.0768. The number of fused-ring (bicyclic) bond motifs is 1. The number of methoxy groups -OCH3 is 2. The molecular weight excluding hydrogens is 306 g/mol. The van der Waals surface area contributed by atoms with E-state index in [-0.39, 0.29) is 5.91 Å². The number of carbonyl (C=O) groups is 1. The molecule has 0 radical (unpaired) electrons. The van der Waals surface area contributed by atoms with Gasteiger partial charge in [0.15, 0.2) is 11.5 Å². The zero-order valence-corrected chi connectivity index (χ0v) is 14.5. The molecule has 6 heteroatoms. The lowest BCUT2D eigenvalue weighted by molar-refractivity contribution is 0.0937. The van der Waals surface area contributed by atoms with E-state index in [0.29, 0.717) is 29.8 Å². The second-order valence-corrected chi connectivity index (χ2v) is 6.11. The summed E-state index contributed by atoms with van der Waals surface area (Å²) in [5.74, 6) is 1.22. The fourth-order valence-electron chi connectivity index (χ4n) is 3.43. The lowest BCUT2D eigenvalue weighted by Gasteiger charge is -2.22. The number of H-pyrrole nitrogens is 1. The van der Waals surface area contributed by atoms with Crippen LogP contribution in [-0.4, -0.2) is 55.7 Å². The molecule has 1 aliphatic heterocycles. The van der Waals surface area contributed by atoms with Crippen LogP contribution in [0.25, 0.3) is 10.9 Å². The molecule has 0 unspecified atom stereocenters. The summed E-state index contributed by atoms with van der Waals surface area (Å²) < 4.78 is 10.6. The molecule has 1 atom stereocenters. The normalized spacial score (nSPS) is 18.0. The monoisotopic (exact) mass is 331 g/mol. The van der Waals surface area contributed by atoms with E-state index in [9.17, 15) is 4.79 Å². The van der Waals surface area contributed by atoms with Crippen molar-refractivity contribution in [3.63, 3.8) is 0 Å². The summed E-state index contributed by atoms with van der Waals surface area (Å²) in [6.07, 6.45) is 2.36. The lowest BCUT2D eigenvalue weighted by Crippen LogP contribution is -2.40. The Kier molecular flexibility index (Phi) is 4.94. The van der Waals surface area contributed by atoms with Crippen LogP contribution in [-0.2, 0) is 0 Å². The number of hydrogen-bond acceptors (Lipinski definition) is 4. The van der Waals surface area contributed by atoms with Gasteiger partial charge < -0.3 is 19.8 Å². The first-order valence-corrected chi connectivity index (χ1v) is 8.43. The van der Waals surface area contributed by atoms with Crippen molar-refractivity contribution < 1.29 is 14.3 Å². The van der Waals surface area contributed by atoms with Gasteiger partial charge in [0.2, 0.25) is 0 Å². The van der Waals surface area contributed by atoms with Crippen molar-refractivity contribution in [1.29, 1.82) is 0 Å². The van der Waals surface area contributed by atoms with Crippen molar-refractivity contribution in [2.45, 2.75) is 25.8 Å². The quantitative estimate of drug-likeness (QED) is 0.853. The van der Waals surface area contributed by atoms with Crippen LogP contribution in [0.5, 0.6) is 11.5 Å². The standard InChI is InChI=1S/C18H25N3O3/c1-4-21-7-5-6-13(21)11-19-18(22)15-8-12-9-16(23-2)17(24-3)10-14(12)20-15/h8-10,13,20H,4-7,11H2,1-3H3,(H,19,22)/t13-/m0/s1. The summed E-state index contributed by atoms with van der Waals surface area (Å²) in [6.45, 7) is 5.02. The molecule has 6 nitrogen and oxygen atoms in total. The Labute approximate surface area is 142 Å². The lowest BCUT2D eigenvalue weighted by atomic mass is 10.2. The van der Waals surface area contributed by atoms with Crippen molar-refractivity contribution >= 4 is 16.8 Å². The highest BCUT2D eigenvalue weighted by atomic mass is 16.5. The van der Waals surface area contributed by atoms with Gasteiger partial charge in [-0.2, -0.15) is 0 Å². The number of hydrogen-bond donors (Lipinski definition) is 2. The van der Waals surface area contributed by atoms with E-state index in [2.05, 4.69) is 22.1 Å². The first kappa shape index (κ1) is 16.6. The number of aromatic amines is 1. The summed E-state index contributed by atoms with van der Waals surface area (Å²) >= 11 is 0. The average Bonchev–Trinajstić information content (AvgIpc) is 3.23. The topological polar surface area (TPSA) is 66.6 Å². The number of amides is 1. The van der Waals surface area contributed by atoms with Gasteiger partial charge in [0, 0.05) is 29.6 Å². The molecule has 0 saturated carbocycles. The summed E-state index contributed by atoms with van der Waals surface area (Å²) in [5, 5.41) is 3.97. The van der Waals surface area contributed by atoms with Crippen LogP contribution in [0.2, 0.25) is 0 Å². The van der Waals surface area contributed by atoms with Gasteiger partial charge in [0.1, 0.15) is 5.69 Å². The zero-order chi connectivity index (χ0) is 17.1. The Morgan fingerprint density at radius 1 is 1.29 bits per heavy atom. The van der Waals surface area contributed by atoms with Crippen LogP contribution in [0.15, 0.2) is 18.2 Å². The predicted octanol–water partition coefficient (Wildman–Crippen LogP) is 2.40. The van der Waals surface area contributed by atoms with Gasteiger partial charge in [-0.25, -0.2) is 0 Å². The Hall–Kier alpha value is -2.21. The van der Waals surface area contributed by atoms with Crippen molar-refractivity contribution in [2.24, 2.45) is 0 Å². The maximum atomic E-state index is 12.5. The third-order valence-electron chi connectivity index (χ3n) is 4.77. The van der Waals surface area contributed by atoms with Crippen LogP contribution >= 0.6 is 0 Å². The fraction of sp³-hybridized carbons (Fsp3) is 0.500. The SMILES string of the molecule is CCN1CCC[C@H]1CNC(=O)c1cc2cc(OC)c(OC)cc2[nH]1. The highest BCUT2D eigenvalue weighted by Crippen LogP contribution is 2.32. The van der Waals surface area contributed by atoms with Gasteiger partial charge in [-0.15, -0.1) is 0 Å². The third-order valence-corrected chi connectivity index (χ3v) is 4.77. The minimum absolute atomic E-state index is 0.0768. The fourth-order valence-corrected chi connectivity index (χ4v) is 3.43. The maximum Gasteiger partial charge on any atom is 0.267 e. The Morgan fingerprint density at radius 3 is 2.75 bits per heavy atom. The number of carbonyl (C=O) groups excluding carboxylic acids is 1. The van der Waals surface area contributed by atoms with Crippen molar-refractivity contribution in [3.8, 4) is 11.5 Å². The molecule has 2 N–H and O–H groups in total. The Bertz CT molecular complexity index is 685. The highest BCUT2D eigenvalue weighted by molar-refractivity contribution is 5.98. The molecule has 1 amide bonds. The number of rotatable bonds is 6. The van der Waals surface area contributed by atoms with Crippen LogP contribution in [0.4, 0.5) is 0 Å². The van der Waals surface area contributed by atoms with Gasteiger partial charge in [-0.05, 0) is 38.1 Å². The molecule has 1 aliphatic rings. The van der Waals surface area contributed by atoms with Gasteiger partial charge in [-0.3, -0.25) is 9.69 Å². The van der Waals surface area contributed by atoms with Gasteiger partial charge in [0.05, 0.1) is 14.2 Å². The molecule has 3 rings (SSSR count). The predicted molar refractivity (Wildman–Crippen MR) is 94.0 cm³/mol. The van der Waals surface area contributed by atoms with Crippen molar-refractivity contribution in [3.05, 3.63) is 23.9 Å². The third kappa shape index (κ3) is 3.19. The van der Waals surface area contributed by atoms with Crippen LogP contribution in [0.1, 0.15) is 30.3 Å². The molecule has 0 aliphatic carbocycles. The second kappa shape index (κ2) is 7.13. The number of likely N-dealkylation sites (tertiary alicyclic amines) is 1. The number of benzene rings is 1. The first-order chi connectivity index (χ1) is 11.7. The number of ether oxygens (including phenoxy) is 2. The molecule has 1 aromatic heterocycles. The first-order valence-electron chi connectivity index (χ1n) is 8.43. The second-order valence-electron chi connectivity index (χ2n) is 6.11. The largest absolute Gasteiger partial charge is 0.493 e. The summed E-state index contributed by atoms with van der Waals surface area (Å²) in [6, 6.07) is 6.01. The molecule has 24 heavy (non-hydrogen) atoms. The Morgan fingerprint density at radius 2 is 2.04 bits per heavy atom. The zero-order valence-electron chi connectivity index (χ0n) is 14.5. The van der Waals surface area contributed by atoms with E-state index in [4.69, 9.17) is 9.47 Å². The molecule has 1 saturated heterocycles. The summed E-state index contributed by atoms with van der Waals surface area (Å²) in [4.78, 5) is 18.0. The summed E-state index contributed by atoms with van der Waals surface area (Å²) in [5.41, 5.74) is 1.41. The van der Waals surface area contributed by atoms with Gasteiger partial charge in [-0.1, -0.05) is 6.92 Å². The van der Waals surface area contributed by atoms with E-state index in [1.165, 1.54) is 6.42 Å². The number of aromatic nitrogens is 1. The highest BCUT2D eigenvalue weighted by Gasteiger charge is 2.23. The van der Waals surface area contributed by atoms with Crippen LogP contribution < -0.4 is 14.8 Å². The van der Waals surface area contributed by atoms with Crippen molar-refractivity contribution in [2.75, 3.05) is 33.9 Å². The van der Waals surface area contributed by atoms with Crippen molar-refractivity contribution in [1.82, 2.24) is 15.2 Å². The average molecular weight is 331 g/mol. The van der Waals surface area contributed by atoms with E-state index in [1.807, 2.05) is 18.2 Å². The van der Waals surface area contributed by atoms with Gasteiger partial charge >= 0.3 is 0 Å². The van der Waals surface area contributed by atoms with E-state index < -0.39 is 0 Å². The molecule has 0 bridgehead atoms. The van der Waals surface area contributed by atoms with Gasteiger partial charge in [0.25, 0.3) is 5.91 Å². The summed E-state index contributed by atoms with van der Waals surface area (Å²) in [7, 11) is 3.20. The van der Waals surface area contributed by atoms with Crippen LogP contribution in [0, 0.1) is 0 Å². The molecule has 2 aromatic rings. The molecule has 0 spiro atoms. The smallest absolute Gasteiger partial charge is 0.267 e. The van der Waals surface area contributed by atoms with E-state index in [1.54, 1.807) is 14.2 Å². The number of nitrogens with zero attached hydrogens (tertiary/aromatic N) is 1. The molecule has 1 aromatic carbocycles. The molecule has 2 heterocycles. The minimum Gasteiger partial charge on any atom is -0.493 e.